The van der Waals surface area contributed by atoms with E-state index >= 15 is 0 Å². The summed E-state index contributed by atoms with van der Waals surface area (Å²) in [5, 5.41) is 3.33. The van der Waals surface area contributed by atoms with Crippen LogP contribution in [0, 0.1) is 11.3 Å². The fraction of sp³-hybridized carbons (Fsp3) is 0.933. The molecule has 0 aromatic carbocycles. The highest BCUT2D eigenvalue weighted by Gasteiger charge is 2.40. The normalized spacial score (nSPS) is 31.2. The lowest BCUT2D eigenvalue weighted by Crippen LogP contribution is -2.49. The highest BCUT2D eigenvalue weighted by molar-refractivity contribution is 5.83. The van der Waals surface area contributed by atoms with Gasteiger partial charge in [-0.2, -0.15) is 0 Å². The van der Waals surface area contributed by atoms with Gasteiger partial charge in [0.15, 0.2) is 0 Å². The monoisotopic (exact) mass is 252 g/mol. The lowest BCUT2D eigenvalue weighted by atomic mass is 9.80. The molecule has 3 nitrogen and oxygen atoms in total. The molecule has 2 atom stereocenters. The van der Waals surface area contributed by atoms with Crippen molar-refractivity contribution in [2.24, 2.45) is 17.1 Å². The van der Waals surface area contributed by atoms with Crippen LogP contribution in [-0.2, 0) is 4.79 Å². The average molecular weight is 252 g/mol. The average Bonchev–Trinajstić information content (AvgIpc) is 2.89. The molecule has 2 aliphatic rings. The molecule has 104 valence electrons. The molecule has 0 aromatic heterocycles. The smallest absolute Gasteiger partial charge is 0.226 e. The van der Waals surface area contributed by atoms with E-state index in [1.54, 1.807) is 0 Å². The Hall–Kier alpha value is -0.570. The molecule has 0 aliphatic heterocycles. The second-order valence-electron chi connectivity index (χ2n) is 6.20. The minimum atomic E-state index is -0.0589. The van der Waals surface area contributed by atoms with Crippen molar-refractivity contribution in [3.63, 3.8) is 0 Å². The molecule has 0 saturated heterocycles. The Bertz CT molecular complexity index is 284. The largest absolute Gasteiger partial charge is 0.353 e. The Balaban J connectivity index is 1.96. The summed E-state index contributed by atoms with van der Waals surface area (Å²) in [5.74, 6) is 0.811. The number of hydrogen-bond acceptors (Lipinski definition) is 2. The summed E-state index contributed by atoms with van der Waals surface area (Å²) in [6.07, 6.45) is 10.4. The van der Waals surface area contributed by atoms with Crippen molar-refractivity contribution >= 4 is 5.91 Å². The number of nitrogens with two attached hydrogens (primary N) is 1. The van der Waals surface area contributed by atoms with E-state index in [-0.39, 0.29) is 5.41 Å². The van der Waals surface area contributed by atoms with Crippen LogP contribution in [0.3, 0.4) is 0 Å². The molecule has 2 unspecified atom stereocenters. The number of amides is 1. The van der Waals surface area contributed by atoms with Crippen LogP contribution in [0.5, 0.6) is 0 Å². The van der Waals surface area contributed by atoms with E-state index < -0.39 is 0 Å². The first-order chi connectivity index (χ1) is 8.72. The first-order valence-electron chi connectivity index (χ1n) is 7.73. The molecular formula is C15H28N2O. The van der Waals surface area contributed by atoms with E-state index in [9.17, 15) is 4.79 Å². The molecule has 1 amide bonds. The van der Waals surface area contributed by atoms with Crippen molar-refractivity contribution in [2.45, 2.75) is 70.8 Å². The minimum Gasteiger partial charge on any atom is -0.353 e. The first kappa shape index (κ1) is 13.9. The SMILES string of the molecule is CCC1(C(=O)NC2CCCCC2CN)CCCC1. The summed E-state index contributed by atoms with van der Waals surface area (Å²) in [7, 11) is 0. The molecule has 2 rings (SSSR count). The predicted molar refractivity (Wildman–Crippen MR) is 74.1 cm³/mol. The van der Waals surface area contributed by atoms with Gasteiger partial charge in [-0.3, -0.25) is 4.79 Å². The van der Waals surface area contributed by atoms with Crippen molar-refractivity contribution in [2.75, 3.05) is 6.54 Å². The summed E-state index contributed by atoms with van der Waals surface area (Å²) in [4.78, 5) is 12.6. The highest BCUT2D eigenvalue weighted by atomic mass is 16.2. The maximum atomic E-state index is 12.6. The summed E-state index contributed by atoms with van der Waals surface area (Å²) in [6, 6.07) is 0.334. The van der Waals surface area contributed by atoms with E-state index in [4.69, 9.17) is 5.73 Å². The summed E-state index contributed by atoms with van der Waals surface area (Å²) in [6.45, 7) is 2.87. The van der Waals surface area contributed by atoms with Gasteiger partial charge in [-0.1, -0.05) is 32.6 Å². The summed E-state index contributed by atoms with van der Waals surface area (Å²) < 4.78 is 0. The van der Waals surface area contributed by atoms with Crippen LogP contribution < -0.4 is 11.1 Å². The molecule has 18 heavy (non-hydrogen) atoms. The molecule has 2 fully saturated rings. The van der Waals surface area contributed by atoms with Gasteiger partial charge < -0.3 is 11.1 Å². The number of hydrogen-bond donors (Lipinski definition) is 2. The second kappa shape index (κ2) is 6.05. The number of carbonyl (C=O) groups excluding carboxylic acids is 1. The molecule has 3 N–H and O–H groups in total. The molecule has 0 bridgehead atoms. The van der Waals surface area contributed by atoms with E-state index in [0.717, 1.165) is 25.7 Å². The van der Waals surface area contributed by atoms with Crippen molar-refractivity contribution in [3.05, 3.63) is 0 Å². The topological polar surface area (TPSA) is 55.1 Å². The Morgan fingerprint density at radius 3 is 2.50 bits per heavy atom. The Morgan fingerprint density at radius 1 is 1.22 bits per heavy atom. The predicted octanol–water partition coefficient (Wildman–Crippen LogP) is 2.59. The molecular weight excluding hydrogens is 224 g/mol. The standard InChI is InChI=1S/C15H28N2O/c1-2-15(9-5-6-10-15)14(18)17-13-8-4-3-7-12(13)11-16/h12-13H,2-11,16H2,1H3,(H,17,18). The zero-order valence-corrected chi connectivity index (χ0v) is 11.7. The van der Waals surface area contributed by atoms with Crippen LogP contribution in [0.4, 0.5) is 0 Å². The third kappa shape index (κ3) is 2.71. The number of nitrogens with one attached hydrogen (secondary N) is 1. The maximum absolute atomic E-state index is 12.6. The fourth-order valence-electron chi connectivity index (χ4n) is 3.79. The molecule has 0 heterocycles. The Labute approximate surface area is 111 Å². The van der Waals surface area contributed by atoms with Gasteiger partial charge in [0.1, 0.15) is 0 Å². The van der Waals surface area contributed by atoms with Crippen LogP contribution in [0.1, 0.15) is 64.7 Å². The van der Waals surface area contributed by atoms with E-state index in [2.05, 4.69) is 12.2 Å². The van der Waals surface area contributed by atoms with Gasteiger partial charge >= 0.3 is 0 Å². The lowest BCUT2D eigenvalue weighted by Gasteiger charge is -2.35. The summed E-state index contributed by atoms with van der Waals surface area (Å²) >= 11 is 0. The van der Waals surface area contributed by atoms with Gasteiger partial charge in [0, 0.05) is 11.5 Å². The van der Waals surface area contributed by atoms with Crippen LogP contribution in [0.15, 0.2) is 0 Å². The molecule has 0 aromatic rings. The van der Waals surface area contributed by atoms with Gasteiger partial charge in [-0.25, -0.2) is 0 Å². The fourth-order valence-corrected chi connectivity index (χ4v) is 3.79. The number of carbonyl (C=O) groups is 1. The van der Waals surface area contributed by atoms with E-state index in [1.807, 2.05) is 0 Å². The molecule has 0 radical (unpaired) electrons. The Kier molecular flexibility index (Phi) is 4.66. The summed E-state index contributed by atoms with van der Waals surface area (Å²) in [5.41, 5.74) is 5.78. The van der Waals surface area contributed by atoms with Gasteiger partial charge in [-0.15, -0.1) is 0 Å². The molecule has 2 saturated carbocycles. The zero-order chi connectivity index (χ0) is 13.0. The van der Waals surface area contributed by atoms with Crippen molar-refractivity contribution in [3.8, 4) is 0 Å². The third-order valence-electron chi connectivity index (χ3n) is 5.25. The van der Waals surface area contributed by atoms with Gasteiger partial charge in [0.2, 0.25) is 5.91 Å². The Morgan fingerprint density at radius 2 is 1.89 bits per heavy atom. The maximum Gasteiger partial charge on any atom is 0.226 e. The van der Waals surface area contributed by atoms with Crippen LogP contribution >= 0.6 is 0 Å². The molecule has 3 heteroatoms. The second-order valence-corrected chi connectivity index (χ2v) is 6.20. The molecule has 0 spiro atoms. The van der Waals surface area contributed by atoms with Crippen LogP contribution in [0.2, 0.25) is 0 Å². The third-order valence-corrected chi connectivity index (χ3v) is 5.25. The highest BCUT2D eigenvalue weighted by Crippen LogP contribution is 2.41. The van der Waals surface area contributed by atoms with Crippen molar-refractivity contribution < 1.29 is 4.79 Å². The van der Waals surface area contributed by atoms with Gasteiger partial charge in [0.25, 0.3) is 0 Å². The van der Waals surface area contributed by atoms with Crippen molar-refractivity contribution in [1.82, 2.24) is 5.32 Å². The van der Waals surface area contributed by atoms with Crippen molar-refractivity contribution in [1.29, 1.82) is 0 Å². The van der Waals surface area contributed by atoms with Crippen LogP contribution in [0.25, 0.3) is 0 Å². The quantitative estimate of drug-likeness (QED) is 0.808. The lowest BCUT2D eigenvalue weighted by molar-refractivity contribution is -0.132. The van der Waals surface area contributed by atoms with E-state index in [0.29, 0.717) is 24.4 Å². The van der Waals surface area contributed by atoms with Gasteiger partial charge in [-0.05, 0) is 44.6 Å². The minimum absolute atomic E-state index is 0.0589. The number of rotatable bonds is 4. The van der Waals surface area contributed by atoms with Crippen LogP contribution in [-0.4, -0.2) is 18.5 Å². The van der Waals surface area contributed by atoms with Gasteiger partial charge in [0.05, 0.1) is 0 Å². The molecule has 2 aliphatic carbocycles. The first-order valence-corrected chi connectivity index (χ1v) is 7.73. The zero-order valence-electron chi connectivity index (χ0n) is 11.7. The van der Waals surface area contributed by atoms with E-state index in [1.165, 1.54) is 32.1 Å².